The molecule has 12 heavy (non-hydrogen) atoms. The molecule has 1 rings (SSSR count). The number of hydrogen-bond acceptors (Lipinski definition) is 4. The summed E-state index contributed by atoms with van der Waals surface area (Å²) in [5.74, 6) is -0.769. The molecule has 1 aliphatic rings. The fraction of sp³-hybridized carbons (Fsp3) is 0.500. The molecular weight excluding hydrogens is 158 g/mol. The molecule has 1 atom stereocenters. The van der Waals surface area contributed by atoms with E-state index in [2.05, 4.69) is 0 Å². The lowest BCUT2D eigenvalue weighted by Gasteiger charge is -2.03. The smallest absolute Gasteiger partial charge is 0.344 e. The molecule has 0 aromatic rings. The van der Waals surface area contributed by atoms with Crippen molar-refractivity contribution in [2.45, 2.75) is 13.0 Å². The van der Waals surface area contributed by atoms with Crippen LogP contribution in [0.3, 0.4) is 0 Å². The zero-order valence-corrected chi connectivity index (χ0v) is 7.33. The van der Waals surface area contributed by atoms with E-state index in [0.29, 0.717) is 0 Å². The predicted octanol–water partition coefficient (Wildman–Crippen LogP) is -0.0537. The van der Waals surface area contributed by atoms with Crippen LogP contribution in [0.4, 0.5) is 0 Å². The molecule has 4 heteroatoms. The summed E-state index contributed by atoms with van der Waals surface area (Å²) in [4.78, 5) is 23.8. The SMILES string of the molecule is C[C@H]1OC(=O)/C(=C/N(C)C)C1=O. The van der Waals surface area contributed by atoms with Gasteiger partial charge < -0.3 is 9.64 Å². The van der Waals surface area contributed by atoms with Gasteiger partial charge in [0, 0.05) is 20.3 Å². The average molecular weight is 169 g/mol. The van der Waals surface area contributed by atoms with Gasteiger partial charge in [0.25, 0.3) is 0 Å². The lowest BCUT2D eigenvalue weighted by atomic mass is 10.1. The van der Waals surface area contributed by atoms with E-state index in [1.807, 2.05) is 0 Å². The first-order chi connectivity index (χ1) is 5.52. The van der Waals surface area contributed by atoms with Crippen molar-refractivity contribution < 1.29 is 14.3 Å². The second-order valence-corrected chi connectivity index (χ2v) is 2.92. The summed E-state index contributed by atoms with van der Waals surface area (Å²) in [5, 5.41) is 0. The highest BCUT2D eigenvalue weighted by atomic mass is 16.6. The number of nitrogens with zero attached hydrogens (tertiary/aromatic N) is 1. The molecule has 0 aromatic heterocycles. The molecule has 0 aromatic carbocycles. The van der Waals surface area contributed by atoms with Crippen molar-refractivity contribution in [3.05, 3.63) is 11.8 Å². The van der Waals surface area contributed by atoms with Crippen molar-refractivity contribution in [1.82, 2.24) is 4.90 Å². The Morgan fingerprint density at radius 2 is 2.00 bits per heavy atom. The van der Waals surface area contributed by atoms with Crippen molar-refractivity contribution in [2.24, 2.45) is 0 Å². The second kappa shape index (κ2) is 2.97. The van der Waals surface area contributed by atoms with Crippen LogP contribution in [0.25, 0.3) is 0 Å². The molecule has 0 bridgehead atoms. The van der Waals surface area contributed by atoms with Gasteiger partial charge in [-0.1, -0.05) is 0 Å². The van der Waals surface area contributed by atoms with E-state index in [1.54, 1.807) is 25.9 Å². The number of hydrogen-bond donors (Lipinski definition) is 0. The molecule has 1 heterocycles. The first kappa shape index (κ1) is 8.77. The van der Waals surface area contributed by atoms with E-state index < -0.39 is 12.1 Å². The number of carbonyl (C=O) groups is 2. The Kier molecular flexibility index (Phi) is 2.17. The summed E-state index contributed by atoms with van der Waals surface area (Å²) in [6.45, 7) is 1.57. The zero-order chi connectivity index (χ0) is 9.30. The van der Waals surface area contributed by atoms with Crippen LogP contribution in [0.15, 0.2) is 11.8 Å². The molecule has 1 aliphatic heterocycles. The van der Waals surface area contributed by atoms with Gasteiger partial charge in [-0.05, 0) is 6.92 Å². The highest BCUT2D eigenvalue weighted by Gasteiger charge is 2.35. The first-order valence-electron chi connectivity index (χ1n) is 3.66. The highest BCUT2D eigenvalue weighted by Crippen LogP contribution is 2.15. The summed E-state index contributed by atoms with van der Waals surface area (Å²) in [6.07, 6.45) is 0.859. The fourth-order valence-electron chi connectivity index (χ4n) is 0.972. The van der Waals surface area contributed by atoms with Crippen molar-refractivity contribution in [3.8, 4) is 0 Å². The van der Waals surface area contributed by atoms with Crippen LogP contribution in [0.5, 0.6) is 0 Å². The van der Waals surface area contributed by atoms with Gasteiger partial charge in [-0.25, -0.2) is 4.79 Å². The van der Waals surface area contributed by atoms with Gasteiger partial charge in [0.15, 0.2) is 6.10 Å². The first-order valence-corrected chi connectivity index (χ1v) is 3.66. The summed E-state index contributed by atoms with van der Waals surface area (Å²) < 4.78 is 4.70. The number of cyclic esters (lactones) is 1. The number of carbonyl (C=O) groups excluding carboxylic acids is 2. The molecule has 0 unspecified atom stereocenters. The quantitative estimate of drug-likeness (QED) is 0.313. The van der Waals surface area contributed by atoms with Crippen LogP contribution in [0, 0.1) is 0 Å². The second-order valence-electron chi connectivity index (χ2n) is 2.92. The molecule has 0 N–H and O–H groups in total. The number of ketones is 1. The minimum absolute atomic E-state index is 0.132. The van der Waals surface area contributed by atoms with Crippen LogP contribution in [-0.4, -0.2) is 36.9 Å². The molecule has 0 radical (unpaired) electrons. The van der Waals surface area contributed by atoms with Crippen LogP contribution in [0.1, 0.15) is 6.92 Å². The van der Waals surface area contributed by atoms with Crippen LogP contribution >= 0.6 is 0 Å². The Hall–Kier alpha value is -1.32. The monoisotopic (exact) mass is 169 g/mol. The predicted molar refractivity (Wildman–Crippen MR) is 42.3 cm³/mol. The largest absolute Gasteiger partial charge is 0.451 e. The van der Waals surface area contributed by atoms with E-state index in [-0.39, 0.29) is 11.4 Å². The van der Waals surface area contributed by atoms with E-state index in [9.17, 15) is 9.59 Å². The lowest BCUT2D eigenvalue weighted by molar-refractivity contribution is -0.139. The van der Waals surface area contributed by atoms with Crippen molar-refractivity contribution in [3.63, 3.8) is 0 Å². The highest BCUT2D eigenvalue weighted by molar-refractivity contribution is 6.23. The normalized spacial score (nSPS) is 26.2. The molecule has 66 valence electrons. The van der Waals surface area contributed by atoms with Gasteiger partial charge in [0.05, 0.1) is 0 Å². The van der Waals surface area contributed by atoms with E-state index >= 15 is 0 Å². The van der Waals surface area contributed by atoms with Crippen LogP contribution in [-0.2, 0) is 14.3 Å². The van der Waals surface area contributed by atoms with Gasteiger partial charge in [-0.3, -0.25) is 4.79 Å². The Balaban J connectivity index is 2.91. The molecule has 1 saturated heterocycles. The average Bonchev–Trinajstić information content (AvgIpc) is 2.16. The fourth-order valence-corrected chi connectivity index (χ4v) is 0.972. The Morgan fingerprint density at radius 1 is 1.42 bits per heavy atom. The summed E-state index contributed by atoms with van der Waals surface area (Å²) in [7, 11) is 3.49. The van der Waals surface area contributed by atoms with Gasteiger partial charge in [-0.2, -0.15) is 0 Å². The molecule has 0 aliphatic carbocycles. The van der Waals surface area contributed by atoms with E-state index in [4.69, 9.17) is 4.74 Å². The lowest BCUT2D eigenvalue weighted by Crippen LogP contribution is -2.12. The maximum Gasteiger partial charge on any atom is 0.344 e. The molecule has 4 nitrogen and oxygen atoms in total. The maximum absolute atomic E-state index is 11.2. The van der Waals surface area contributed by atoms with Gasteiger partial charge in [0.1, 0.15) is 5.57 Å². The number of ether oxygens (including phenoxy) is 1. The van der Waals surface area contributed by atoms with Gasteiger partial charge in [-0.15, -0.1) is 0 Å². The van der Waals surface area contributed by atoms with Crippen LogP contribution < -0.4 is 0 Å². The Bertz CT molecular complexity index is 255. The van der Waals surface area contributed by atoms with E-state index in [0.717, 1.165) is 0 Å². The molecule has 0 amide bonds. The molecule has 1 fully saturated rings. The summed E-state index contributed by atoms with van der Waals surface area (Å²) in [6, 6.07) is 0. The zero-order valence-electron chi connectivity index (χ0n) is 7.33. The van der Waals surface area contributed by atoms with Gasteiger partial charge >= 0.3 is 5.97 Å². The Morgan fingerprint density at radius 3 is 2.33 bits per heavy atom. The van der Waals surface area contributed by atoms with Crippen molar-refractivity contribution in [2.75, 3.05) is 14.1 Å². The summed E-state index contributed by atoms with van der Waals surface area (Å²) >= 11 is 0. The maximum atomic E-state index is 11.2. The topological polar surface area (TPSA) is 46.6 Å². The minimum Gasteiger partial charge on any atom is -0.451 e. The van der Waals surface area contributed by atoms with E-state index in [1.165, 1.54) is 6.20 Å². The third-order valence-corrected chi connectivity index (χ3v) is 1.53. The molecule has 0 saturated carbocycles. The number of rotatable bonds is 1. The van der Waals surface area contributed by atoms with Gasteiger partial charge in [0.2, 0.25) is 5.78 Å². The summed E-state index contributed by atoms with van der Waals surface area (Å²) in [5.41, 5.74) is 0.132. The third kappa shape index (κ3) is 1.47. The third-order valence-electron chi connectivity index (χ3n) is 1.53. The Labute approximate surface area is 70.8 Å². The van der Waals surface area contributed by atoms with Crippen LogP contribution in [0.2, 0.25) is 0 Å². The standard InChI is InChI=1S/C8H11NO3/c1-5-7(10)6(4-9(2)3)8(11)12-5/h4-5H,1-3H3/b6-4+/t5-/m1/s1. The molecular formula is C8H11NO3. The number of esters is 1. The van der Waals surface area contributed by atoms with Crippen molar-refractivity contribution in [1.29, 1.82) is 0 Å². The number of Topliss-reactive ketones (excluding diaryl/α,β-unsaturated/α-hetero) is 1. The molecule has 0 spiro atoms. The minimum atomic E-state index is -0.622. The van der Waals surface area contributed by atoms with Crippen molar-refractivity contribution >= 4 is 11.8 Å².